The molecule has 0 heterocycles. The summed E-state index contributed by atoms with van der Waals surface area (Å²) in [5.74, 6) is -0.381. The molecule has 0 amide bonds. The Morgan fingerprint density at radius 1 is 1.09 bits per heavy atom. The molecule has 2 aromatic carbocycles. The van der Waals surface area contributed by atoms with Crippen LogP contribution in [0.2, 0.25) is 0 Å². The molecule has 0 fully saturated rings. The fraction of sp³-hybridized carbons (Fsp3) is 0.222. The average molecular weight is 310 g/mol. The van der Waals surface area contributed by atoms with Crippen LogP contribution in [-0.4, -0.2) is 25.2 Å². The normalized spacial score (nSPS) is 10.2. The predicted octanol–water partition coefficient (Wildman–Crippen LogP) is 3.97. The van der Waals surface area contributed by atoms with E-state index in [0.29, 0.717) is 11.8 Å². The van der Waals surface area contributed by atoms with E-state index in [4.69, 9.17) is 0 Å². The summed E-state index contributed by atoms with van der Waals surface area (Å²) in [5.41, 5.74) is 1.68. The molecule has 23 heavy (non-hydrogen) atoms. The summed E-state index contributed by atoms with van der Waals surface area (Å²) < 4.78 is 0. The molecular formula is C18H18N2O3. The number of carbonyl (C=O) groups is 2. The summed E-state index contributed by atoms with van der Waals surface area (Å²) >= 11 is 0. The molecule has 0 spiro atoms. The van der Waals surface area contributed by atoms with Crippen LogP contribution in [0.5, 0.6) is 0 Å². The molecule has 0 radical (unpaired) electrons. The largest absolute Gasteiger partial charge is 0.372 e. The highest BCUT2D eigenvalue weighted by atomic mass is 16.3. The monoisotopic (exact) mass is 310 g/mol. The Morgan fingerprint density at radius 2 is 1.78 bits per heavy atom. The van der Waals surface area contributed by atoms with Crippen LogP contribution in [0.1, 0.15) is 40.1 Å². The lowest BCUT2D eigenvalue weighted by atomic mass is 9.97. The molecule has 0 atom stereocenters. The number of rotatable bonds is 7. The molecular weight excluding hydrogens is 292 g/mol. The first-order valence-corrected chi connectivity index (χ1v) is 7.47. The molecule has 5 heteroatoms. The summed E-state index contributed by atoms with van der Waals surface area (Å²) in [6, 6.07) is 11.5. The number of nitroso groups, excluding NO2 is 1. The van der Waals surface area contributed by atoms with Crippen molar-refractivity contribution >= 4 is 23.4 Å². The average Bonchev–Trinajstić information content (AvgIpc) is 2.62. The minimum absolute atomic E-state index is 0.0834. The lowest BCUT2D eigenvalue weighted by Crippen LogP contribution is -2.21. The maximum Gasteiger partial charge on any atom is 0.196 e. The van der Waals surface area contributed by atoms with Crippen LogP contribution in [0.4, 0.5) is 11.4 Å². The second-order valence-corrected chi connectivity index (χ2v) is 5.00. The standard InChI is InChI=1S/C18H18N2O3/c1-3-20(4-2)14-9-10-16(17(11-14)19-23)18(22)15-8-6-5-7-13(15)12-21/h5-12H,3-4H2,1-2H3. The number of benzene rings is 2. The Balaban J connectivity index is 2.49. The Morgan fingerprint density at radius 3 is 2.39 bits per heavy atom. The number of nitrogens with zero attached hydrogens (tertiary/aromatic N) is 2. The first kappa shape index (κ1) is 16.5. The van der Waals surface area contributed by atoms with Crippen LogP contribution in [0.15, 0.2) is 47.6 Å². The molecule has 118 valence electrons. The van der Waals surface area contributed by atoms with Gasteiger partial charge < -0.3 is 4.90 Å². The van der Waals surface area contributed by atoms with Gasteiger partial charge in [-0.3, -0.25) is 9.59 Å². The number of hydrogen-bond donors (Lipinski definition) is 0. The van der Waals surface area contributed by atoms with E-state index in [9.17, 15) is 14.5 Å². The summed E-state index contributed by atoms with van der Waals surface area (Å²) in [6.07, 6.45) is 0.630. The van der Waals surface area contributed by atoms with Crippen molar-refractivity contribution in [3.63, 3.8) is 0 Å². The van der Waals surface area contributed by atoms with Gasteiger partial charge in [-0.1, -0.05) is 24.3 Å². The van der Waals surface area contributed by atoms with Gasteiger partial charge in [-0.05, 0) is 37.2 Å². The van der Waals surface area contributed by atoms with Crippen molar-refractivity contribution < 1.29 is 9.59 Å². The lowest BCUT2D eigenvalue weighted by Gasteiger charge is -2.21. The van der Waals surface area contributed by atoms with E-state index in [1.54, 1.807) is 42.5 Å². The highest BCUT2D eigenvalue weighted by Crippen LogP contribution is 2.28. The Kier molecular flexibility index (Phi) is 5.36. The minimum atomic E-state index is -0.381. The molecule has 0 aliphatic rings. The Bertz CT molecular complexity index is 737. The second-order valence-electron chi connectivity index (χ2n) is 5.00. The SMILES string of the molecule is CCN(CC)c1ccc(C(=O)c2ccccc2C=O)c(N=O)c1. The van der Waals surface area contributed by atoms with Crippen LogP contribution in [-0.2, 0) is 0 Å². The van der Waals surface area contributed by atoms with Crippen molar-refractivity contribution in [1.29, 1.82) is 0 Å². The summed E-state index contributed by atoms with van der Waals surface area (Å²) in [6.45, 7) is 5.60. The minimum Gasteiger partial charge on any atom is -0.372 e. The van der Waals surface area contributed by atoms with Gasteiger partial charge in [0.25, 0.3) is 0 Å². The van der Waals surface area contributed by atoms with Gasteiger partial charge in [-0.2, -0.15) is 0 Å². The highest BCUT2D eigenvalue weighted by Gasteiger charge is 2.18. The molecule has 0 saturated carbocycles. The number of anilines is 1. The Labute approximate surface area is 134 Å². The van der Waals surface area contributed by atoms with Crippen molar-refractivity contribution in [3.05, 3.63) is 64.1 Å². The molecule has 0 bridgehead atoms. The van der Waals surface area contributed by atoms with Crippen LogP contribution >= 0.6 is 0 Å². The van der Waals surface area contributed by atoms with Crippen molar-refractivity contribution in [1.82, 2.24) is 0 Å². The van der Waals surface area contributed by atoms with Gasteiger partial charge in [0, 0.05) is 29.9 Å². The van der Waals surface area contributed by atoms with Crippen molar-refractivity contribution in [2.24, 2.45) is 5.18 Å². The van der Waals surface area contributed by atoms with Crippen molar-refractivity contribution in [3.8, 4) is 0 Å². The van der Waals surface area contributed by atoms with Crippen LogP contribution < -0.4 is 4.90 Å². The zero-order valence-corrected chi connectivity index (χ0v) is 13.2. The maximum absolute atomic E-state index is 12.7. The van der Waals surface area contributed by atoms with E-state index in [0.717, 1.165) is 18.8 Å². The Hall–Kier alpha value is -2.82. The second kappa shape index (κ2) is 7.45. The predicted molar refractivity (Wildman–Crippen MR) is 90.7 cm³/mol. The van der Waals surface area contributed by atoms with E-state index in [-0.39, 0.29) is 22.6 Å². The molecule has 2 aromatic rings. The van der Waals surface area contributed by atoms with E-state index in [1.165, 1.54) is 0 Å². The van der Waals surface area contributed by atoms with Gasteiger partial charge in [0.05, 0.1) is 5.56 Å². The third kappa shape index (κ3) is 3.34. The first-order valence-electron chi connectivity index (χ1n) is 7.47. The molecule has 5 nitrogen and oxygen atoms in total. The smallest absolute Gasteiger partial charge is 0.196 e. The third-order valence-electron chi connectivity index (χ3n) is 3.79. The molecule has 2 rings (SSSR count). The fourth-order valence-corrected chi connectivity index (χ4v) is 2.52. The fourth-order valence-electron chi connectivity index (χ4n) is 2.52. The number of aldehydes is 1. The van der Waals surface area contributed by atoms with Gasteiger partial charge in [0.15, 0.2) is 12.1 Å². The molecule has 0 N–H and O–H groups in total. The van der Waals surface area contributed by atoms with E-state index >= 15 is 0 Å². The topological polar surface area (TPSA) is 66.8 Å². The van der Waals surface area contributed by atoms with E-state index in [1.807, 2.05) is 13.8 Å². The summed E-state index contributed by atoms with van der Waals surface area (Å²) in [4.78, 5) is 37.0. The van der Waals surface area contributed by atoms with Crippen LogP contribution in [0.3, 0.4) is 0 Å². The summed E-state index contributed by atoms with van der Waals surface area (Å²) in [5, 5.41) is 3.00. The van der Waals surface area contributed by atoms with Crippen molar-refractivity contribution in [2.75, 3.05) is 18.0 Å². The van der Waals surface area contributed by atoms with Gasteiger partial charge >= 0.3 is 0 Å². The molecule has 0 saturated heterocycles. The maximum atomic E-state index is 12.7. The molecule has 0 aliphatic heterocycles. The van der Waals surface area contributed by atoms with Gasteiger partial charge in [-0.15, -0.1) is 4.91 Å². The number of ketones is 1. The van der Waals surface area contributed by atoms with E-state index < -0.39 is 0 Å². The number of hydrogen-bond acceptors (Lipinski definition) is 5. The lowest BCUT2D eigenvalue weighted by molar-refractivity contribution is 0.103. The first-order chi connectivity index (χ1) is 11.2. The highest BCUT2D eigenvalue weighted by molar-refractivity contribution is 6.15. The third-order valence-corrected chi connectivity index (χ3v) is 3.79. The van der Waals surface area contributed by atoms with Crippen LogP contribution in [0.25, 0.3) is 0 Å². The van der Waals surface area contributed by atoms with Gasteiger partial charge in [-0.25, -0.2) is 0 Å². The molecule has 0 aromatic heterocycles. The zero-order chi connectivity index (χ0) is 16.8. The molecule has 0 unspecified atom stereocenters. The van der Waals surface area contributed by atoms with Gasteiger partial charge in [0.2, 0.25) is 0 Å². The zero-order valence-electron chi connectivity index (χ0n) is 13.2. The van der Waals surface area contributed by atoms with E-state index in [2.05, 4.69) is 10.1 Å². The summed E-state index contributed by atoms with van der Waals surface area (Å²) in [7, 11) is 0. The van der Waals surface area contributed by atoms with Crippen LogP contribution in [0, 0.1) is 4.91 Å². The molecule has 0 aliphatic carbocycles. The quantitative estimate of drug-likeness (QED) is 0.441. The van der Waals surface area contributed by atoms with Crippen molar-refractivity contribution in [2.45, 2.75) is 13.8 Å². The number of carbonyl (C=O) groups excluding carboxylic acids is 2. The van der Waals surface area contributed by atoms with Gasteiger partial charge in [0.1, 0.15) is 5.69 Å².